The maximum Gasteiger partial charge on any atom is 0.219 e. The summed E-state index contributed by atoms with van der Waals surface area (Å²) in [5, 5.41) is 0. The van der Waals surface area contributed by atoms with Crippen LogP contribution in [0.1, 0.15) is 40.5 Å². The maximum absolute atomic E-state index is 11.3. The van der Waals surface area contributed by atoms with Gasteiger partial charge in [0.05, 0.1) is 0 Å². The molecule has 0 aromatic carbocycles. The van der Waals surface area contributed by atoms with Crippen LogP contribution in [0.3, 0.4) is 0 Å². The molecule has 0 radical (unpaired) electrons. The molecule has 0 saturated carbocycles. The van der Waals surface area contributed by atoms with Crippen LogP contribution in [0.5, 0.6) is 0 Å². The second-order valence-corrected chi connectivity index (χ2v) is 4.24. The van der Waals surface area contributed by atoms with Crippen LogP contribution in [0, 0.1) is 5.92 Å². The van der Waals surface area contributed by atoms with Crippen molar-refractivity contribution in [2.75, 3.05) is 20.1 Å². The second-order valence-electron chi connectivity index (χ2n) is 4.24. The zero-order chi connectivity index (χ0) is 14.1. The maximum atomic E-state index is 11.3. The van der Waals surface area contributed by atoms with E-state index in [-0.39, 0.29) is 5.91 Å². The van der Waals surface area contributed by atoms with E-state index >= 15 is 0 Å². The van der Waals surface area contributed by atoms with E-state index in [0.717, 1.165) is 37.2 Å². The van der Waals surface area contributed by atoms with E-state index in [0.29, 0.717) is 5.92 Å². The highest BCUT2D eigenvalue weighted by atomic mass is 16.2. The molecule has 4 nitrogen and oxygen atoms in total. The average Bonchev–Trinajstić information content (AvgIpc) is 2.42. The number of amides is 1. The van der Waals surface area contributed by atoms with E-state index in [1.165, 1.54) is 0 Å². The summed E-state index contributed by atoms with van der Waals surface area (Å²) < 4.78 is 0. The van der Waals surface area contributed by atoms with Gasteiger partial charge in [-0.1, -0.05) is 13.8 Å². The molecule has 104 valence electrons. The van der Waals surface area contributed by atoms with Gasteiger partial charge in [-0.15, -0.1) is 0 Å². The molecule has 4 heteroatoms. The summed E-state index contributed by atoms with van der Waals surface area (Å²) in [4.78, 5) is 17.4. The minimum absolute atomic E-state index is 0.146. The summed E-state index contributed by atoms with van der Waals surface area (Å²) in [5.74, 6) is 0.485. The summed E-state index contributed by atoms with van der Waals surface area (Å²) >= 11 is 0. The molecule has 1 fully saturated rings. The highest BCUT2D eigenvalue weighted by Gasteiger charge is 2.25. The number of nitrogens with zero attached hydrogens (tertiary/aromatic N) is 2. The van der Waals surface area contributed by atoms with Crippen LogP contribution < -0.4 is 5.73 Å². The van der Waals surface area contributed by atoms with Crippen molar-refractivity contribution in [1.29, 1.82) is 0 Å². The predicted molar refractivity (Wildman–Crippen MR) is 77.6 cm³/mol. The highest BCUT2D eigenvalue weighted by Crippen LogP contribution is 2.24. The minimum Gasteiger partial charge on any atom is -0.404 e. The molecule has 1 aliphatic rings. The molecule has 1 aliphatic heterocycles. The lowest BCUT2D eigenvalue weighted by molar-refractivity contribution is -0.130. The molecule has 0 bridgehead atoms. The third kappa shape index (κ3) is 4.51. The molecule has 1 saturated heterocycles. The SMILES string of the molecule is CC.CN=C(C)/C(=C\N)C1CCCN(C(C)=O)C1. The Morgan fingerprint density at radius 1 is 1.39 bits per heavy atom. The second kappa shape index (κ2) is 8.72. The minimum atomic E-state index is 0.146. The molecule has 1 rings (SSSR count). The van der Waals surface area contributed by atoms with E-state index in [1.807, 2.05) is 25.7 Å². The Morgan fingerprint density at radius 3 is 2.44 bits per heavy atom. The molecule has 0 spiro atoms. The normalized spacial score (nSPS) is 21.2. The number of rotatable bonds is 2. The largest absolute Gasteiger partial charge is 0.404 e. The molecular formula is C14H27N3O. The summed E-state index contributed by atoms with van der Waals surface area (Å²) in [6.45, 7) is 9.22. The predicted octanol–water partition coefficient (Wildman–Crippen LogP) is 2.20. The Hall–Kier alpha value is -1.32. The molecule has 0 aromatic rings. The van der Waals surface area contributed by atoms with Crippen LogP contribution >= 0.6 is 0 Å². The lowest BCUT2D eigenvalue weighted by Crippen LogP contribution is -2.40. The number of aliphatic imine (C=N–C) groups is 1. The molecule has 0 aliphatic carbocycles. The molecule has 0 aromatic heterocycles. The van der Waals surface area contributed by atoms with E-state index in [2.05, 4.69) is 4.99 Å². The topological polar surface area (TPSA) is 58.7 Å². The van der Waals surface area contributed by atoms with E-state index in [1.54, 1.807) is 20.2 Å². The van der Waals surface area contributed by atoms with Crippen LogP contribution in [-0.4, -0.2) is 36.7 Å². The van der Waals surface area contributed by atoms with Gasteiger partial charge in [0.15, 0.2) is 0 Å². The number of hydrogen-bond donors (Lipinski definition) is 1. The average molecular weight is 253 g/mol. The molecule has 1 amide bonds. The molecule has 1 atom stereocenters. The first-order valence-corrected chi connectivity index (χ1v) is 6.71. The lowest BCUT2D eigenvalue weighted by Gasteiger charge is -2.33. The number of carbonyl (C=O) groups is 1. The van der Waals surface area contributed by atoms with Crippen molar-refractivity contribution in [3.05, 3.63) is 11.8 Å². The van der Waals surface area contributed by atoms with Crippen LogP contribution in [0.25, 0.3) is 0 Å². The zero-order valence-corrected chi connectivity index (χ0v) is 12.4. The fourth-order valence-electron chi connectivity index (χ4n) is 2.20. The van der Waals surface area contributed by atoms with Gasteiger partial charge in [-0.05, 0) is 31.5 Å². The van der Waals surface area contributed by atoms with Gasteiger partial charge in [0.25, 0.3) is 0 Å². The van der Waals surface area contributed by atoms with Crippen molar-refractivity contribution in [1.82, 2.24) is 4.90 Å². The first-order valence-electron chi connectivity index (χ1n) is 6.71. The van der Waals surface area contributed by atoms with Gasteiger partial charge in [0.2, 0.25) is 5.91 Å². The van der Waals surface area contributed by atoms with Crippen LogP contribution in [0.2, 0.25) is 0 Å². The molecular weight excluding hydrogens is 226 g/mol. The Morgan fingerprint density at radius 2 is 2.00 bits per heavy atom. The highest BCUT2D eigenvalue weighted by molar-refractivity contribution is 5.98. The number of piperidine rings is 1. The quantitative estimate of drug-likeness (QED) is 0.767. The smallest absolute Gasteiger partial charge is 0.219 e. The molecule has 18 heavy (non-hydrogen) atoms. The van der Waals surface area contributed by atoms with Crippen molar-refractivity contribution < 1.29 is 4.79 Å². The monoisotopic (exact) mass is 253 g/mol. The summed E-state index contributed by atoms with van der Waals surface area (Å²) in [5.41, 5.74) is 7.70. The fourth-order valence-corrected chi connectivity index (χ4v) is 2.20. The Balaban J connectivity index is 0.00000137. The van der Waals surface area contributed by atoms with Gasteiger partial charge in [0, 0.05) is 38.7 Å². The summed E-state index contributed by atoms with van der Waals surface area (Å²) in [6, 6.07) is 0. The van der Waals surface area contributed by atoms with E-state index in [9.17, 15) is 4.79 Å². The third-order valence-electron chi connectivity index (χ3n) is 3.24. The van der Waals surface area contributed by atoms with Crippen molar-refractivity contribution in [2.45, 2.75) is 40.5 Å². The molecule has 1 unspecified atom stereocenters. The Bertz CT molecular complexity index is 321. The number of carbonyl (C=O) groups excluding carboxylic acids is 1. The van der Waals surface area contributed by atoms with Gasteiger partial charge in [-0.3, -0.25) is 9.79 Å². The van der Waals surface area contributed by atoms with E-state index in [4.69, 9.17) is 5.73 Å². The van der Waals surface area contributed by atoms with Crippen LogP contribution in [-0.2, 0) is 4.79 Å². The number of nitrogens with two attached hydrogens (primary N) is 1. The van der Waals surface area contributed by atoms with E-state index < -0.39 is 0 Å². The molecule has 1 heterocycles. The van der Waals surface area contributed by atoms with Crippen molar-refractivity contribution in [3.8, 4) is 0 Å². The number of hydrogen-bond acceptors (Lipinski definition) is 3. The van der Waals surface area contributed by atoms with Crippen LogP contribution in [0.15, 0.2) is 16.8 Å². The van der Waals surface area contributed by atoms with Crippen molar-refractivity contribution >= 4 is 11.6 Å². The third-order valence-corrected chi connectivity index (χ3v) is 3.24. The summed E-state index contributed by atoms with van der Waals surface area (Å²) in [6.07, 6.45) is 3.76. The van der Waals surface area contributed by atoms with Gasteiger partial charge < -0.3 is 10.6 Å². The van der Waals surface area contributed by atoms with Gasteiger partial charge in [-0.25, -0.2) is 0 Å². The Kier molecular flexibility index (Phi) is 8.08. The van der Waals surface area contributed by atoms with Crippen molar-refractivity contribution in [2.24, 2.45) is 16.6 Å². The van der Waals surface area contributed by atoms with Gasteiger partial charge in [-0.2, -0.15) is 0 Å². The standard InChI is InChI=1S/C12H21N3O.C2H6/c1-9(14-3)12(7-13)11-5-4-6-15(8-11)10(2)16;1-2/h7,11H,4-6,8,13H2,1-3H3;1-2H3/b12-7+,14-9?;. The first kappa shape index (κ1) is 16.7. The summed E-state index contributed by atoms with van der Waals surface area (Å²) in [7, 11) is 1.77. The Labute approximate surface area is 111 Å². The fraction of sp³-hybridized carbons (Fsp3) is 0.714. The lowest BCUT2D eigenvalue weighted by atomic mass is 9.88. The first-order chi connectivity index (χ1) is 8.60. The van der Waals surface area contributed by atoms with Crippen LogP contribution in [0.4, 0.5) is 0 Å². The number of likely N-dealkylation sites (tertiary alicyclic amines) is 1. The molecule has 2 N–H and O–H groups in total. The van der Waals surface area contributed by atoms with Gasteiger partial charge in [0.1, 0.15) is 0 Å². The zero-order valence-electron chi connectivity index (χ0n) is 12.4. The van der Waals surface area contributed by atoms with Gasteiger partial charge >= 0.3 is 0 Å². The van der Waals surface area contributed by atoms with Crippen molar-refractivity contribution in [3.63, 3.8) is 0 Å².